The molecule has 1 aliphatic rings. The lowest BCUT2D eigenvalue weighted by Crippen LogP contribution is -2.46. The topological polar surface area (TPSA) is 44.8 Å². The third-order valence-corrected chi connectivity index (χ3v) is 4.93. The molecule has 0 aromatic heterocycles. The fourth-order valence-corrected chi connectivity index (χ4v) is 3.09. The van der Waals surface area contributed by atoms with Crippen LogP contribution in [0.25, 0.3) is 0 Å². The van der Waals surface area contributed by atoms with E-state index in [0.717, 1.165) is 51.3 Å². The van der Waals surface area contributed by atoms with Crippen molar-refractivity contribution in [3.05, 3.63) is 28.8 Å². The van der Waals surface area contributed by atoms with E-state index in [2.05, 4.69) is 22.0 Å². The Labute approximate surface area is 156 Å². The van der Waals surface area contributed by atoms with Gasteiger partial charge in [-0.3, -0.25) is 4.79 Å². The minimum absolute atomic E-state index is 0.103. The summed E-state index contributed by atoms with van der Waals surface area (Å²) in [6.07, 6.45) is 0.392. The predicted octanol–water partition coefficient (Wildman–Crippen LogP) is 2.56. The maximum absolute atomic E-state index is 12.2. The molecule has 2 rings (SSSR count). The largest absolute Gasteiger partial charge is 0.479 e. The number of halogens is 1. The zero-order chi connectivity index (χ0) is 18.2. The van der Waals surface area contributed by atoms with Gasteiger partial charge < -0.3 is 19.9 Å². The Hall–Kier alpha value is -1.30. The quantitative estimate of drug-likeness (QED) is 0.717. The van der Waals surface area contributed by atoms with E-state index in [-0.39, 0.29) is 5.91 Å². The maximum atomic E-state index is 12.2. The predicted molar refractivity (Wildman–Crippen MR) is 102 cm³/mol. The number of benzene rings is 1. The van der Waals surface area contributed by atoms with E-state index >= 15 is 0 Å². The summed E-state index contributed by atoms with van der Waals surface area (Å²) in [4.78, 5) is 17.1. The van der Waals surface area contributed by atoms with Gasteiger partial charge in [0.25, 0.3) is 5.91 Å². The molecule has 5 nitrogen and oxygen atoms in total. The number of rotatable bonds is 8. The van der Waals surface area contributed by atoms with Crippen molar-refractivity contribution >= 4 is 17.5 Å². The van der Waals surface area contributed by atoms with Crippen LogP contribution in [0.15, 0.2) is 18.2 Å². The molecule has 0 bridgehead atoms. The number of likely N-dealkylation sites (N-methyl/N-ethyl adjacent to an activating group) is 1. The smallest absolute Gasteiger partial charge is 0.260 e. The van der Waals surface area contributed by atoms with Gasteiger partial charge in [0.2, 0.25) is 0 Å². The van der Waals surface area contributed by atoms with Gasteiger partial charge in [0.15, 0.2) is 6.10 Å². The Morgan fingerprint density at radius 1 is 1.28 bits per heavy atom. The van der Waals surface area contributed by atoms with Crippen molar-refractivity contribution in [2.45, 2.75) is 33.3 Å². The summed E-state index contributed by atoms with van der Waals surface area (Å²) in [6, 6.07) is 5.55. The fourth-order valence-electron chi connectivity index (χ4n) is 2.93. The molecular formula is C19H30ClN3O2. The highest BCUT2D eigenvalue weighted by atomic mass is 35.5. The molecule has 25 heavy (non-hydrogen) atoms. The molecule has 1 saturated heterocycles. The second-order valence-corrected chi connectivity index (χ2v) is 7.02. The number of ether oxygens (including phenoxy) is 1. The van der Waals surface area contributed by atoms with Crippen molar-refractivity contribution in [3.63, 3.8) is 0 Å². The van der Waals surface area contributed by atoms with Crippen LogP contribution < -0.4 is 10.1 Å². The maximum Gasteiger partial charge on any atom is 0.260 e. The Morgan fingerprint density at radius 2 is 1.96 bits per heavy atom. The average molecular weight is 368 g/mol. The van der Waals surface area contributed by atoms with E-state index in [9.17, 15) is 4.79 Å². The summed E-state index contributed by atoms with van der Waals surface area (Å²) in [5.74, 6) is 0.450. The molecule has 140 valence electrons. The molecule has 1 fully saturated rings. The van der Waals surface area contributed by atoms with E-state index in [4.69, 9.17) is 16.3 Å². The first-order valence-corrected chi connectivity index (χ1v) is 9.52. The van der Waals surface area contributed by atoms with Crippen molar-refractivity contribution in [2.75, 3.05) is 45.8 Å². The lowest BCUT2D eigenvalue weighted by Gasteiger charge is -2.34. The molecule has 1 heterocycles. The third kappa shape index (κ3) is 6.49. The zero-order valence-corrected chi connectivity index (χ0v) is 16.3. The van der Waals surface area contributed by atoms with Crippen LogP contribution in [0.5, 0.6) is 5.75 Å². The van der Waals surface area contributed by atoms with Crippen LogP contribution in [0.3, 0.4) is 0 Å². The van der Waals surface area contributed by atoms with Gasteiger partial charge in [0, 0.05) is 32.7 Å². The summed E-state index contributed by atoms with van der Waals surface area (Å²) in [7, 11) is 0. The molecule has 1 N–H and O–H groups in total. The number of aryl methyl sites for hydroxylation is 1. The molecule has 0 radical (unpaired) electrons. The van der Waals surface area contributed by atoms with Crippen LogP contribution in [0.2, 0.25) is 5.02 Å². The van der Waals surface area contributed by atoms with E-state index < -0.39 is 6.10 Å². The first-order chi connectivity index (χ1) is 12.0. The van der Waals surface area contributed by atoms with E-state index in [1.807, 2.05) is 19.1 Å². The highest BCUT2D eigenvalue weighted by Gasteiger charge is 2.17. The van der Waals surface area contributed by atoms with Crippen molar-refractivity contribution in [1.82, 2.24) is 15.1 Å². The lowest BCUT2D eigenvalue weighted by atomic mass is 10.2. The molecule has 0 spiro atoms. The number of nitrogens with zero attached hydrogens (tertiary/aromatic N) is 2. The van der Waals surface area contributed by atoms with Crippen LogP contribution >= 0.6 is 11.6 Å². The number of nitrogens with one attached hydrogen (secondary N) is 1. The van der Waals surface area contributed by atoms with Crippen LogP contribution in [0.1, 0.15) is 25.8 Å². The first kappa shape index (κ1) is 20.0. The van der Waals surface area contributed by atoms with E-state index in [0.29, 0.717) is 17.3 Å². The van der Waals surface area contributed by atoms with Crippen molar-refractivity contribution in [3.8, 4) is 5.75 Å². The molecule has 0 unspecified atom stereocenters. The number of hydrogen-bond acceptors (Lipinski definition) is 4. The van der Waals surface area contributed by atoms with Crippen molar-refractivity contribution < 1.29 is 9.53 Å². The first-order valence-electron chi connectivity index (χ1n) is 9.15. The fraction of sp³-hybridized carbons (Fsp3) is 0.632. The normalized spacial score (nSPS) is 17.3. The van der Waals surface area contributed by atoms with Gasteiger partial charge in [-0.1, -0.05) is 24.6 Å². The minimum Gasteiger partial charge on any atom is -0.479 e. The lowest BCUT2D eigenvalue weighted by molar-refractivity contribution is -0.127. The van der Waals surface area contributed by atoms with Gasteiger partial charge in [-0.05, 0) is 51.1 Å². The van der Waals surface area contributed by atoms with Crippen molar-refractivity contribution in [1.29, 1.82) is 0 Å². The third-order valence-electron chi connectivity index (χ3n) is 4.62. The molecule has 0 saturated carbocycles. The van der Waals surface area contributed by atoms with Crippen LogP contribution in [-0.4, -0.2) is 67.6 Å². The van der Waals surface area contributed by atoms with Gasteiger partial charge in [-0.2, -0.15) is 0 Å². The van der Waals surface area contributed by atoms with Gasteiger partial charge in [-0.15, -0.1) is 0 Å². The van der Waals surface area contributed by atoms with Gasteiger partial charge >= 0.3 is 0 Å². The zero-order valence-electron chi connectivity index (χ0n) is 15.6. The van der Waals surface area contributed by atoms with E-state index in [1.165, 1.54) is 0 Å². The molecule has 0 aliphatic carbocycles. The summed E-state index contributed by atoms with van der Waals surface area (Å²) in [5, 5.41) is 3.48. The standard InChI is InChI=1S/C19H30ClN3O2/c1-4-22-10-12-23(13-11-22)9-5-8-21-19(24)16(3)25-18-14-15(2)6-7-17(18)20/h6-7,14,16H,4-5,8-13H2,1-3H3,(H,21,24)/t16-/m0/s1. The van der Waals surface area contributed by atoms with Crippen LogP contribution in [0, 0.1) is 6.92 Å². The second-order valence-electron chi connectivity index (χ2n) is 6.61. The highest BCUT2D eigenvalue weighted by Crippen LogP contribution is 2.26. The molecule has 1 aromatic carbocycles. The monoisotopic (exact) mass is 367 g/mol. The Morgan fingerprint density at radius 3 is 2.64 bits per heavy atom. The second kappa shape index (κ2) is 10.00. The Bertz CT molecular complexity index is 560. The summed E-state index contributed by atoms with van der Waals surface area (Å²) in [5.41, 5.74) is 1.05. The number of piperazine rings is 1. The SMILES string of the molecule is CCN1CCN(CCCNC(=O)[C@H](C)Oc2cc(C)ccc2Cl)CC1. The van der Waals surface area contributed by atoms with Crippen LogP contribution in [0.4, 0.5) is 0 Å². The van der Waals surface area contributed by atoms with Gasteiger partial charge in [0.05, 0.1) is 5.02 Å². The van der Waals surface area contributed by atoms with Crippen molar-refractivity contribution in [2.24, 2.45) is 0 Å². The van der Waals surface area contributed by atoms with Gasteiger partial charge in [-0.25, -0.2) is 0 Å². The molecule has 6 heteroatoms. The molecule has 1 aliphatic heterocycles. The van der Waals surface area contributed by atoms with Gasteiger partial charge in [0.1, 0.15) is 5.75 Å². The highest BCUT2D eigenvalue weighted by molar-refractivity contribution is 6.32. The summed E-state index contributed by atoms with van der Waals surface area (Å²) in [6.45, 7) is 13.3. The number of hydrogen-bond donors (Lipinski definition) is 1. The minimum atomic E-state index is -0.563. The Kier molecular flexibility index (Phi) is 8.00. The Balaban J connectivity index is 1.65. The molecule has 1 aromatic rings. The van der Waals surface area contributed by atoms with E-state index in [1.54, 1.807) is 13.0 Å². The molecule has 1 amide bonds. The summed E-state index contributed by atoms with van der Waals surface area (Å²) < 4.78 is 5.70. The summed E-state index contributed by atoms with van der Waals surface area (Å²) >= 11 is 6.11. The van der Waals surface area contributed by atoms with Crippen LogP contribution in [-0.2, 0) is 4.79 Å². The average Bonchev–Trinajstić information content (AvgIpc) is 2.62. The number of carbonyl (C=O) groups excluding carboxylic acids is 1. The molecule has 1 atom stereocenters. The molecular weight excluding hydrogens is 338 g/mol. The number of amides is 1. The number of carbonyl (C=O) groups is 1.